The zero-order valence-electron chi connectivity index (χ0n) is 10.5. The average molecular weight is 289 g/mol. The van der Waals surface area contributed by atoms with Gasteiger partial charge in [0, 0.05) is 5.02 Å². The Balaban J connectivity index is 1.95. The number of nitrogens with one attached hydrogen (secondary N) is 1. The van der Waals surface area contributed by atoms with Crippen molar-refractivity contribution >= 4 is 23.7 Å². The Hall–Kier alpha value is -2.17. The first kappa shape index (κ1) is 14.2. The maximum atomic E-state index is 11.7. The number of rotatable bonds is 4. The van der Waals surface area contributed by atoms with Crippen molar-refractivity contribution in [2.24, 2.45) is 5.10 Å². The summed E-state index contributed by atoms with van der Waals surface area (Å²) in [6, 6.07) is 15.7. The van der Waals surface area contributed by atoms with Crippen molar-refractivity contribution < 1.29 is 9.90 Å². The van der Waals surface area contributed by atoms with Gasteiger partial charge in [-0.05, 0) is 23.3 Å². The molecule has 0 aromatic heterocycles. The summed E-state index contributed by atoms with van der Waals surface area (Å²) in [5.41, 5.74) is 3.56. The molecule has 1 atom stereocenters. The number of hydrazone groups is 1. The highest BCUT2D eigenvalue weighted by Gasteiger charge is 2.15. The second-order valence-corrected chi connectivity index (χ2v) is 4.54. The lowest BCUT2D eigenvalue weighted by molar-refractivity contribution is -0.129. The normalized spacial score (nSPS) is 12.3. The molecule has 0 radical (unpaired) electrons. The number of carbonyl (C=O) groups excluding carboxylic acids is 1. The zero-order chi connectivity index (χ0) is 14.4. The van der Waals surface area contributed by atoms with E-state index in [0.717, 1.165) is 5.56 Å². The van der Waals surface area contributed by atoms with Crippen molar-refractivity contribution in [2.75, 3.05) is 0 Å². The summed E-state index contributed by atoms with van der Waals surface area (Å²) in [7, 11) is 0. The van der Waals surface area contributed by atoms with Crippen LogP contribution in [0.5, 0.6) is 0 Å². The lowest BCUT2D eigenvalue weighted by Gasteiger charge is -2.08. The molecule has 0 aliphatic heterocycles. The Morgan fingerprint density at radius 3 is 2.65 bits per heavy atom. The Labute approximate surface area is 121 Å². The molecule has 1 amide bonds. The molecule has 0 saturated carbocycles. The molecule has 2 aromatic rings. The van der Waals surface area contributed by atoms with Crippen LogP contribution in [0, 0.1) is 0 Å². The van der Waals surface area contributed by atoms with Crippen molar-refractivity contribution in [3.63, 3.8) is 0 Å². The van der Waals surface area contributed by atoms with Gasteiger partial charge in [0.15, 0.2) is 6.10 Å². The Bertz CT molecular complexity index is 614. The first-order valence-electron chi connectivity index (χ1n) is 5.98. The fourth-order valence-electron chi connectivity index (χ4n) is 1.61. The van der Waals surface area contributed by atoms with Gasteiger partial charge in [0.25, 0.3) is 5.91 Å². The number of benzene rings is 2. The van der Waals surface area contributed by atoms with Crippen LogP contribution in [0.15, 0.2) is 59.7 Å². The minimum Gasteiger partial charge on any atom is -0.378 e. The Morgan fingerprint density at radius 2 is 1.95 bits per heavy atom. The molecule has 0 spiro atoms. The number of hydrogen-bond acceptors (Lipinski definition) is 3. The molecule has 2 rings (SSSR count). The van der Waals surface area contributed by atoms with Gasteiger partial charge in [-0.15, -0.1) is 0 Å². The second-order valence-electron chi connectivity index (χ2n) is 4.10. The average Bonchev–Trinajstić information content (AvgIpc) is 2.47. The highest BCUT2D eigenvalue weighted by molar-refractivity contribution is 6.30. The van der Waals surface area contributed by atoms with E-state index < -0.39 is 12.0 Å². The van der Waals surface area contributed by atoms with Crippen molar-refractivity contribution in [3.8, 4) is 0 Å². The van der Waals surface area contributed by atoms with Gasteiger partial charge in [0.2, 0.25) is 0 Å². The minimum atomic E-state index is -1.24. The predicted molar refractivity (Wildman–Crippen MR) is 78.6 cm³/mol. The number of nitrogens with zero attached hydrogens (tertiary/aromatic N) is 1. The third-order valence-electron chi connectivity index (χ3n) is 2.60. The SMILES string of the molecule is O=C(N/N=C/c1cccc(Cl)c1)C(O)c1ccccc1. The molecule has 0 heterocycles. The quantitative estimate of drug-likeness (QED) is 0.671. The molecule has 0 aliphatic rings. The van der Waals surface area contributed by atoms with Crippen LogP contribution in [0.2, 0.25) is 5.02 Å². The van der Waals surface area contributed by atoms with Crippen molar-refractivity contribution in [3.05, 3.63) is 70.7 Å². The lowest BCUT2D eigenvalue weighted by Crippen LogP contribution is -2.25. The summed E-state index contributed by atoms with van der Waals surface area (Å²) in [5, 5.41) is 14.2. The van der Waals surface area contributed by atoms with Crippen LogP contribution in [0.25, 0.3) is 0 Å². The number of halogens is 1. The lowest BCUT2D eigenvalue weighted by atomic mass is 10.1. The van der Waals surface area contributed by atoms with E-state index in [4.69, 9.17) is 11.6 Å². The Morgan fingerprint density at radius 1 is 1.20 bits per heavy atom. The van der Waals surface area contributed by atoms with Crippen LogP contribution in [-0.4, -0.2) is 17.2 Å². The van der Waals surface area contributed by atoms with E-state index in [-0.39, 0.29) is 0 Å². The van der Waals surface area contributed by atoms with Crippen molar-refractivity contribution in [2.45, 2.75) is 6.10 Å². The summed E-state index contributed by atoms with van der Waals surface area (Å²) < 4.78 is 0. The van der Waals surface area contributed by atoms with E-state index >= 15 is 0 Å². The van der Waals surface area contributed by atoms with Gasteiger partial charge in [-0.25, -0.2) is 5.43 Å². The molecule has 102 valence electrons. The zero-order valence-corrected chi connectivity index (χ0v) is 11.3. The molecule has 2 aromatic carbocycles. The van der Waals surface area contributed by atoms with Crippen LogP contribution >= 0.6 is 11.6 Å². The number of hydrogen-bond donors (Lipinski definition) is 2. The second kappa shape index (κ2) is 6.84. The molecule has 1 unspecified atom stereocenters. The predicted octanol–water partition coefficient (Wildman–Crippen LogP) is 2.52. The van der Waals surface area contributed by atoms with E-state index in [1.165, 1.54) is 6.21 Å². The monoisotopic (exact) mass is 288 g/mol. The number of aliphatic hydroxyl groups is 1. The van der Waals surface area contributed by atoms with Crippen LogP contribution in [0.1, 0.15) is 17.2 Å². The number of carbonyl (C=O) groups is 1. The molecule has 0 bridgehead atoms. The topological polar surface area (TPSA) is 61.7 Å². The standard InChI is InChI=1S/C15H13ClN2O2/c16-13-8-4-5-11(9-13)10-17-18-15(20)14(19)12-6-2-1-3-7-12/h1-10,14,19H,(H,18,20)/b17-10+. The molecule has 20 heavy (non-hydrogen) atoms. The number of amides is 1. The highest BCUT2D eigenvalue weighted by Crippen LogP contribution is 2.12. The fraction of sp³-hybridized carbons (Fsp3) is 0.0667. The summed E-state index contributed by atoms with van der Waals surface area (Å²) in [6.45, 7) is 0. The molecule has 0 fully saturated rings. The smallest absolute Gasteiger partial charge is 0.273 e. The van der Waals surface area contributed by atoms with E-state index in [2.05, 4.69) is 10.5 Å². The van der Waals surface area contributed by atoms with Gasteiger partial charge in [0.1, 0.15) is 0 Å². The maximum absolute atomic E-state index is 11.7. The van der Waals surface area contributed by atoms with Crippen LogP contribution in [-0.2, 0) is 4.79 Å². The maximum Gasteiger partial charge on any atom is 0.273 e. The van der Waals surface area contributed by atoms with Gasteiger partial charge < -0.3 is 5.11 Å². The van der Waals surface area contributed by atoms with E-state index in [9.17, 15) is 9.90 Å². The fourth-order valence-corrected chi connectivity index (χ4v) is 1.80. The first-order chi connectivity index (χ1) is 9.66. The molecule has 2 N–H and O–H groups in total. The molecule has 0 saturated heterocycles. The van der Waals surface area contributed by atoms with Gasteiger partial charge in [-0.1, -0.05) is 54.1 Å². The summed E-state index contributed by atoms with van der Waals surface area (Å²) in [6.07, 6.45) is 0.217. The molecular weight excluding hydrogens is 276 g/mol. The van der Waals surface area contributed by atoms with Crippen LogP contribution in [0.4, 0.5) is 0 Å². The van der Waals surface area contributed by atoms with E-state index in [1.54, 1.807) is 48.5 Å². The Kier molecular flexibility index (Phi) is 4.87. The van der Waals surface area contributed by atoms with Gasteiger partial charge in [-0.2, -0.15) is 5.10 Å². The first-order valence-corrected chi connectivity index (χ1v) is 6.36. The third-order valence-corrected chi connectivity index (χ3v) is 2.84. The van der Waals surface area contributed by atoms with Gasteiger partial charge in [-0.3, -0.25) is 4.79 Å². The van der Waals surface area contributed by atoms with Gasteiger partial charge >= 0.3 is 0 Å². The van der Waals surface area contributed by atoms with Gasteiger partial charge in [0.05, 0.1) is 6.21 Å². The summed E-state index contributed by atoms with van der Waals surface area (Å²) in [5.74, 6) is -0.588. The summed E-state index contributed by atoms with van der Waals surface area (Å²) in [4.78, 5) is 11.7. The molecular formula is C15H13ClN2O2. The summed E-state index contributed by atoms with van der Waals surface area (Å²) >= 11 is 5.83. The van der Waals surface area contributed by atoms with Crippen LogP contribution in [0.3, 0.4) is 0 Å². The van der Waals surface area contributed by atoms with E-state index in [1.807, 2.05) is 6.07 Å². The van der Waals surface area contributed by atoms with E-state index in [0.29, 0.717) is 10.6 Å². The molecule has 0 aliphatic carbocycles. The van der Waals surface area contributed by atoms with Crippen molar-refractivity contribution in [1.82, 2.24) is 5.43 Å². The van der Waals surface area contributed by atoms with Crippen molar-refractivity contribution in [1.29, 1.82) is 0 Å². The minimum absolute atomic E-state index is 0.517. The molecule has 4 nitrogen and oxygen atoms in total. The highest BCUT2D eigenvalue weighted by atomic mass is 35.5. The number of aliphatic hydroxyl groups excluding tert-OH is 1. The van der Waals surface area contributed by atoms with Crippen LogP contribution < -0.4 is 5.43 Å². The largest absolute Gasteiger partial charge is 0.378 e. The third kappa shape index (κ3) is 3.91. The molecule has 5 heteroatoms.